The summed E-state index contributed by atoms with van der Waals surface area (Å²) in [5.41, 5.74) is 1.26. The summed E-state index contributed by atoms with van der Waals surface area (Å²) in [7, 11) is -2.10. The lowest BCUT2D eigenvalue weighted by Gasteiger charge is -2.29. The van der Waals surface area contributed by atoms with E-state index in [1.807, 2.05) is 0 Å². The van der Waals surface area contributed by atoms with Crippen LogP contribution in [0.2, 0.25) is 5.02 Å². The summed E-state index contributed by atoms with van der Waals surface area (Å²) in [6.45, 7) is 2.79. The van der Waals surface area contributed by atoms with Crippen LogP contribution in [0, 0.1) is 0 Å². The van der Waals surface area contributed by atoms with E-state index < -0.39 is 16.1 Å². The quantitative estimate of drug-likeness (QED) is 0.513. The van der Waals surface area contributed by atoms with Crippen LogP contribution in [0.15, 0.2) is 42.5 Å². The molecule has 1 N–H and O–H groups in total. The number of rotatable bonds is 10. The van der Waals surface area contributed by atoms with Gasteiger partial charge < -0.3 is 19.7 Å². The minimum atomic E-state index is -3.61. The van der Waals surface area contributed by atoms with Gasteiger partial charge in [0.15, 0.2) is 11.5 Å². The van der Waals surface area contributed by atoms with Crippen molar-refractivity contribution in [3.8, 4) is 11.5 Å². The summed E-state index contributed by atoms with van der Waals surface area (Å²) in [5, 5.41) is 3.15. The predicted octanol–water partition coefficient (Wildman–Crippen LogP) is 2.82. The van der Waals surface area contributed by atoms with Gasteiger partial charge in [-0.05, 0) is 43.2 Å². The molecule has 1 unspecified atom stereocenters. The number of hydrogen-bond acceptors (Lipinski definition) is 6. The molecule has 9 nitrogen and oxygen atoms in total. The molecule has 0 radical (unpaired) electrons. The third-order valence-electron chi connectivity index (χ3n) is 5.65. The van der Waals surface area contributed by atoms with E-state index in [9.17, 15) is 18.0 Å². The van der Waals surface area contributed by atoms with Crippen LogP contribution < -0.4 is 19.1 Å². The van der Waals surface area contributed by atoms with Gasteiger partial charge in [-0.3, -0.25) is 13.9 Å². The molecule has 0 saturated heterocycles. The van der Waals surface area contributed by atoms with Crippen molar-refractivity contribution in [3.05, 3.63) is 53.1 Å². The topological polar surface area (TPSA) is 105 Å². The number of fused-ring (bicyclic) bond motifs is 1. The number of likely N-dealkylation sites (N-methyl/N-ethyl adjacent to an activating group) is 1. The molecular formula is C24H30ClN3O6S. The number of carbonyl (C=O) groups excluding carboxylic acids is 2. The second kappa shape index (κ2) is 11.6. The number of sulfonamides is 1. The molecule has 0 spiro atoms. The van der Waals surface area contributed by atoms with Crippen molar-refractivity contribution in [2.45, 2.75) is 32.4 Å². The van der Waals surface area contributed by atoms with Crippen LogP contribution in [-0.2, 0) is 26.2 Å². The number of halogens is 1. The average molecular weight is 524 g/mol. The summed E-state index contributed by atoms with van der Waals surface area (Å²) in [5.74, 6) is 0.490. The number of nitrogens with zero attached hydrogens (tertiary/aromatic N) is 2. The summed E-state index contributed by atoms with van der Waals surface area (Å²) in [6.07, 6.45) is 1.44. The molecule has 1 aliphatic rings. The lowest BCUT2D eigenvalue weighted by Crippen LogP contribution is -2.46. The molecule has 2 aromatic carbocycles. The van der Waals surface area contributed by atoms with Crippen LogP contribution in [-0.4, -0.2) is 64.2 Å². The molecule has 2 amide bonds. The molecule has 0 bridgehead atoms. The van der Waals surface area contributed by atoms with E-state index in [1.165, 1.54) is 16.3 Å². The van der Waals surface area contributed by atoms with Gasteiger partial charge in [-0.1, -0.05) is 23.7 Å². The van der Waals surface area contributed by atoms with Gasteiger partial charge in [0.25, 0.3) is 0 Å². The monoisotopic (exact) mass is 523 g/mol. The number of carbonyl (C=O) groups is 2. The molecule has 0 aliphatic carbocycles. The highest BCUT2D eigenvalue weighted by molar-refractivity contribution is 7.92. The third kappa shape index (κ3) is 7.02. The minimum absolute atomic E-state index is 0.0610. The molecule has 1 heterocycles. The SMILES string of the molecule is CNC(=O)C(C)N(Cc1ccc(Cl)cc1)C(=O)CCCN(c1ccc2c(c1)OCCO2)S(C)(=O)=O. The Hall–Kier alpha value is -2.98. The lowest BCUT2D eigenvalue weighted by molar-refractivity contribution is -0.140. The van der Waals surface area contributed by atoms with Crippen LogP contribution in [0.1, 0.15) is 25.3 Å². The number of anilines is 1. The van der Waals surface area contributed by atoms with Gasteiger partial charge in [0, 0.05) is 37.6 Å². The van der Waals surface area contributed by atoms with Gasteiger partial charge in [-0.15, -0.1) is 0 Å². The highest BCUT2D eigenvalue weighted by Crippen LogP contribution is 2.34. The number of ether oxygens (including phenoxy) is 2. The Morgan fingerprint density at radius 1 is 1.09 bits per heavy atom. The van der Waals surface area contributed by atoms with Crippen molar-refractivity contribution in [1.82, 2.24) is 10.2 Å². The Bertz CT molecular complexity index is 1160. The second-order valence-corrected chi connectivity index (χ2v) is 10.5. The maximum atomic E-state index is 13.2. The lowest BCUT2D eigenvalue weighted by atomic mass is 10.1. The number of nitrogens with one attached hydrogen (secondary N) is 1. The molecule has 11 heteroatoms. The first-order valence-electron chi connectivity index (χ1n) is 11.2. The number of hydrogen-bond donors (Lipinski definition) is 1. The molecule has 1 aliphatic heterocycles. The predicted molar refractivity (Wildman–Crippen MR) is 134 cm³/mol. The van der Waals surface area contributed by atoms with Crippen molar-refractivity contribution >= 4 is 39.1 Å². The fourth-order valence-corrected chi connectivity index (χ4v) is 4.85. The van der Waals surface area contributed by atoms with Crippen LogP contribution in [0.4, 0.5) is 5.69 Å². The van der Waals surface area contributed by atoms with E-state index in [2.05, 4.69) is 5.32 Å². The van der Waals surface area contributed by atoms with Crippen molar-refractivity contribution in [3.63, 3.8) is 0 Å². The zero-order valence-corrected chi connectivity index (χ0v) is 21.6. The van der Waals surface area contributed by atoms with Crippen molar-refractivity contribution in [1.29, 1.82) is 0 Å². The van der Waals surface area contributed by atoms with Gasteiger partial charge in [-0.2, -0.15) is 0 Å². The van der Waals surface area contributed by atoms with Crippen molar-refractivity contribution in [2.24, 2.45) is 0 Å². The van der Waals surface area contributed by atoms with Gasteiger partial charge in [0.2, 0.25) is 21.8 Å². The van der Waals surface area contributed by atoms with E-state index >= 15 is 0 Å². The van der Waals surface area contributed by atoms with Crippen molar-refractivity contribution < 1.29 is 27.5 Å². The van der Waals surface area contributed by atoms with Crippen molar-refractivity contribution in [2.75, 3.05) is 37.4 Å². The summed E-state index contributed by atoms with van der Waals surface area (Å²) in [4.78, 5) is 26.9. The first-order chi connectivity index (χ1) is 16.6. The van der Waals surface area contributed by atoms with E-state index in [1.54, 1.807) is 49.4 Å². The van der Waals surface area contributed by atoms with E-state index in [4.69, 9.17) is 21.1 Å². The maximum Gasteiger partial charge on any atom is 0.242 e. The Labute approximate surface area is 211 Å². The Balaban J connectivity index is 1.72. The largest absolute Gasteiger partial charge is 0.486 e. The number of amides is 2. The second-order valence-electron chi connectivity index (χ2n) is 8.20. The van der Waals surface area contributed by atoms with Crippen LogP contribution >= 0.6 is 11.6 Å². The third-order valence-corrected chi connectivity index (χ3v) is 7.09. The fraction of sp³-hybridized carbons (Fsp3) is 0.417. The average Bonchev–Trinajstić information content (AvgIpc) is 2.84. The van der Waals surface area contributed by atoms with Crippen LogP contribution in [0.25, 0.3) is 0 Å². The molecular weight excluding hydrogens is 494 g/mol. The summed E-state index contributed by atoms with van der Waals surface area (Å²) < 4.78 is 37.3. The Kier molecular flexibility index (Phi) is 8.85. The standard InChI is InChI=1S/C24H30ClN3O6S/c1-17(24(30)26-2)27(16-18-6-8-19(25)9-7-18)23(29)5-4-12-28(35(3,31)32)20-10-11-21-22(15-20)34-14-13-33-21/h6-11,15,17H,4-5,12-14,16H2,1-3H3,(H,26,30). The minimum Gasteiger partial charge on any atom is -0.486 e. The first kappa shape index (κ1) is 26.6. The first-order valence-corrected chi connectivity index (χ1v) is 13.5. The van der Waals surface area contributed by atoms with Crippen LogP contribution in [0.3, 0.4) is 0 Å². The number of benzene rings is 2. The highest BCUT2D eigenvalue weighted by Gasteiger charge is 2.26. The van der Waals surface area contributed by atoms with Gasteiger partial charge >= 0.3 is 0 Å². The normalized spacial score (nSPS) is 13.6. The smallest absolute Gasteiger partial charge is 0.242 e. The van der Waals surface area contributed by atoms with E-state index in [0.29, 0.717) is 35.4 Å². The highest BCUT2D eigenvalue weighted by atomic mass is 35.5. The molecule has 190 valence electrons. The van der Waals surface area contributed by atoms with Gasteiger partial charge in [0.05, 0.1) is 11.9 Å². The molecule has 35 heavy (non-hydrogen) atoms. The molecule has 2 aromatic rings. The molecule has 0 saturated carbocycles. The Morgan fingerprint density at radius 2 is 1.74 bits per heavy atom. The molecule has 3 rings (SSSR count). The van der Waals surface area contributed by atoms with E-state index in [-0.39, 0.29) is 37.7 Å². The molecule has 0 aromatic heterocycles. The summed E-state index contributed by atoms with van der Waals surface area (Å²) >= 11 is 5.96. The van der Waals surface area contributed by atoms with E-state index in [0.717, 1.165) is 11.8 Å². The zero-order chi connectivity index (χ0) is 25.6. The zero-order valence-electron chi connectivity index (χ0n) is 20.0. The van der Waals surface area contributed by atoms with Gasteiger partial charge in [-0.25, -0.2) is 8.42 Å². The van der Waals surface area contributed by atoms with Gasteiger partial charge in [0.1, 0.15) is 19.3 Å². The Morgan fingerprint density at radius 3 is 2.37 bits per heavy atom. The summed E-state index contributed by atoms with van der Waals surface area (Å²) in [6, 6.07) is 11.3. The molecule has 0 fully saturated rings. The van der Waals surface area contributed by atoms with Crippen LogP contribution in [0.5, 0.6) is 11.5 Å². The maximum absolute atomic E-state index is 13.2. The fourth-order valence-electron chi connectivity index (χ4n) is 3.77. The molecule has 1 atom stereocenters.